The van der Waals surface area contributed by atoms with E-state index in [9.17, 15) is 9.59 Å². The van der Waals surface area contributed by atoms with Gasteiger partial charge in [-0.25, -0.2) is 0 Å². The van der Waals surface area contributed by atoms with Crippen LogP contribution in [0.25, 0.3) is 33.3 Å². The number of nitrogens with one attached hydrogen (secondary N) is 1. The Balaban J connectivity index is 1.57. The van der Waals surface area contributed by atoms with Crippen LogP contribution in [-0.4, -0.2) is 33.5 Å². The van der Waals surface area contributed by atoms with Crippen molar-refractivity contribution < 1.29 is 9.59 Å². The van der Waals surface area contributed by atoms with Gasteiger partial charge in [0.1, 0.15) is 5.69 Å². The number of carbonyl (C=O) groups is 2. The molecule has 4 aromatic rings. The largest absolute Gasteiger partial charge is 0.366 e. The van der Waals surface area contributed by atoms with Gasteiger partial charge in [-0.3, -0.25) is 14.7 Å². The molecule has 3 N–H and O–H groups in total. The second kappa shape index (κ2) is 6.96. The van der Waals surface area contributed by atoms with E-state index in [-0.39, 0.29) is 18.0 Å². The van der Waals surface area contributed by atoms with Gasteiger partial charge in [-0.15, -0.1) is 0 Å². The Labute approximate surface area is 176 Å². The molecule has 2 aromatic carbocycles. The molecule has 0 saturated heterocycles. The van der Waals surface area contributed by atoms with Crippen LogP contribution in [0.1, 0.15) is 15.9 Å². The number of H-pyrrole nitrogens is 1. The maximum atomic E-state index is 12.8. The quantitative estimate of drug-likeness (QED) is 0.484. The van der Waals surface area contributed by atoms with Gasteiger partial charge in [0.25, 0.3) is 5.91 Å². The van der Waals surface area contributed by atoms with E-state index in [1.165, 1.54) is 0 Å². The van der Waals surface area contributed by atoms with E-state index in [4.69, 9.17) is 5.73 Å². The Morgan fingerprint density at radius 3 is 2.80 bits per heavy atom. The third-order valence-corrected chi connectivity index (χ3v) is 6.12. The van der Waals surface area contributed by atoms with E-state index in [0.29, 0.717) is 12.1 Å². The van der Waals surface area contributed by atoms with Crippen molar-refractivity contribution >= 4 is 34.1 Å². The smallest absolute Gasteiger partial charge is 0.254 e. The van der Waals surface area contributed by atoms with Gasteiger partial charge in [-0.1, -0.05) is 24.8 Å². The average Bonchev–Trinajstić information content (AvgIpc) is 3.47. The van der Waals surface area contributed by atoms with Gasteiger partial charge in [-0.05, 0) is 46.3 Å². The summed E-state index contributed by atoms with van der Waals surface area (Å²) < 4.78 is 0. The Morgan fingerprint density at radius 2 is 2.03 bits per heavy atom. The fraction of sp³-hybridized carbons (Fsp3) is 0.0870. The molecule has 0 spiro atoms. The zero-order chi connectivity index (χ0) is 20.8. The van der Waals surface area contributed by atoms with E-state index in [2.05, 4.69) is 34.3 Å². The van der Waals surface area contributed by atoms with Crippen molar-refractivity contribution in [2.24, 2.45) is 5.73 Å². The summed E-state index contributed by atoms with van der Waals surface area (Å²) in [5, 5.41) is 12.7. The zero-order valence-corrected chi connectivity index (χ0v) is 16.8. The number of nitrogens with zero attached hydrogens (tertiary/aromatic N) is 2. The normalized spacial score (nSPS) is 13.1. The number of thiophene rings is 1. The number of aromatic amines is 1. The Hall–Kier alpha value is -3.71. The maximum absolute atomic E-state index is 12.8. The van der Waals surface area contributed by atoms with E-state index in [1.807, 2.05) is 35.7 Å². The van der Waals surface area contributed by atoms with Crippen LogP contribution >= 0.6 is 11.3 Å². The topological polar surface area (TPSA) is 92.1 Å². The highest BCUT2D eigenvalue weighted by Gasteiger charge is 2.30. The molecule has 0 bridgehead atoms. The monoisotopic (exact) mass is 414 g/mol. The number of hydrogen-bond donors (Lipinski definition) is 2. The van der Waals surface area contributed by atoms with E-state index < -0.39 is 5.91 Å². The van der Waals surface area contributed by atoms with Gasteiger partial charge in [0.05, 0.1) is 12.1 Å². The highest BCUT2D eigenvalue weighted by atomic mass is 32.1. The van der Waals surface area contributed by atoms with E-state index in [1.54, 1.807) is 16.2 Å². The zero-order valence-electron chi connectivity index (χ0n) is 16.0. The molecule has 7 heteroatoms. The summed E-state index contributed by atoms with van der Waals surface area (Å²) in [4.78, 5) is 25.8. The molecule has 0 fully saturated rings. The number of carbonyl (C=O) groups excluding carboxylic acids is 2. The fourth-order valence-electron chi connectivity index (χ4n) is 3.90. The number of rotatable bonds is 5. The second-order valence-corrected chi connectivity index (χ2v) is 8.09. The number of benzene rings is 2. The number of primary amides is 1. The lowest BCUT2D eigenvalue weighted by molar-refractivity contribution is -0.114. The van der Waals surface area contributed by atoms with Crippen LogP contribution in [0.4, 0.5) is 0 Å². The van der Waals surface area contributed by atoms with Crippen molar-refractivity contribution in [1.29, 1.82) is 0 Å². The predicted octanol–water partition coefficient (Wildman–Crippen LogP) is 3.96. The van der Waals surface area contributed by atoms with Gasteiger partial charge in [0, 0.05) is 34.0 Å². The molecule has 3 heterocycles. The summed E-state index contributed by atoms with van der Waals surface area (Å²) in [6, 6.07) is 13.9. The molecular formula is C23H18N4O2S. The first-order chi connectivity index (χ1) is 14.5. The first-order valence-electron chi connectivity index (χ1n) is 9.42. The summed E-state index contributed by atoms with van der Waals surface area (Å²) in [5.41, 5.74) is 12.1. The summed E-state index contributed by atoms with van der Waals surface area (Å²) in [5.74, 6) is -0.706. The third kappa shape index (κ3) is 2.91. The van der Waals surface area contributed by atoms with Crippen LogP contribution in [0.2, 0.25) is 0 Å². The number of amides is 2. The molecule has 5 rings (SSSR count). The standard InChI is InChI=1S/C23H18N4O2S/c1-13(22(24)28)10-27-11-19-16(3-2-4-17(19)23(27)29)14-5-6-20-18(9-14)21(26-25-20)15-7-8-30-12-15/h2-9,12H,1,10-11H2,(H2,24,28)(H,25,26). The molecular weight excluding hydrogens is 396 g/mol. The second-order valence-electron chi connectivity index (χ2n) is 7.31. The minimum absolute atomic E-state index is 0.113. The van der Waals surface area contributed by atoms with Crippen LogP contribution in [0, 0.1) is 0 Å². The summed E-state index contributed by atoms with van der Waals surface area (Å²) >= 11 is 1.63. The molecule has 0 atom stereocenters. The van der Waals surface area contributed by atoms with Crippen LogP contribution in [0.5, 0.6) is 0 Å². The van der Waals surface area contributed by atoms with Crippen molar-refractivity contribution in [3.8, 4) is 22.4 Å². The molecule has 0 aliphatic carbocycles. The van der Waals surface area contributed by atoms with Crippen molar-refractivity contribution in [1.82, 2.24) is 15.1 Å². The fourth-order valence-corrected chi connectivity index (χ4v) is 4.54. The van der Waals surface area contributed by atoms with Crippen molar-refractivity contribution in [2.75, 3.05) is 6.54 Å². The summed E-state index contributed by atoms with van der Waals surface area (Å²) in [6.07, 6.45) is 0. The molecule has 1 aliphatic heterocycles. The molecule has 148 valence electrons. The Morgan fingerprint density at radius 1 is 1.20 bits per heavy atom. The van der Waals surface area contributed by atoms with Gasteiger partial charge >= 0.3 is 0 Å². The van der Waals surface area contributed by atoms with Gasteiger partial charge < -0.3 is 10.6 Å². The molecule has 2 amide bonds. The lowest BCUT2D eigenvalue weighted by Crippen LogP contribution is -2.30. The summed E-state index contributed by atoms with van der Waals surface area (Å²) in [7, 11) is 0. The Bertz CT molecular complexity index is 1320. The minimum atomic E-state index is -0.592. The molecule has 30 heavy (non-hydrogen) atoms. The predicted molar refractivity (Wildman–Crippen MR) is 118 cm³/mol. The minimum Gasteiger partial charge on any atom is -0.366 e. The van der Waals surface area contributed by atoms with E-state index >= 15 is 0 Å². The molecule has 0 radical (unpaired) electrons. The number of fused-ring (bicyclic) bond motifs is 2. The van der Waals surface area contributed by atoms with Gasteiger partial charge in [0.2, 0.25) is 5.91 Å². The van der Waals surface area contributed by atoms with E-state index in [0.717, 1.165) is 38.9 Å². The third-order valence-electron chi connectivity index (χ3n) is 5.44. The van der Waals surface area contributed by atoms with Crippen molar-refractivity contribution in [3.63, 3.8) is 0 Å². The van der Waals surface area contributed by atoms with Crippen LogP contribution < -0.4 is 5.73 Å². The first-order valence-corrected chi connectivity index (χ1v) is 10.4. The number of aromatic nitrogens is 2. The molecule has 0 saturated carbocycles. The van der Waals surface area contributed by atoms with Crippen molar-refractivity contribution in [3.05, 3.63) is 76.5 Å². The van der Waals surface area contributed by atoms with Crippen LogP contribution in [-0.2, 0) is 11.3 Å². The SMILES string of the molecule is C=C(CN1Cc2c(cccc2-c2ccc3[nH]nc(-c4ccsc4)c3c2)C1=O)C(N)=O. The van der Waals surface area contributed by atoms with Gasteiger partial charge in [-0.2, -0.15) is 16.4 Å². The lowest BCUT2D eigenvalue weighted by Gasteiger charge is -2.15. The summed E-state index contributed by atoms with van der Waals surface area (Å²) in [6.45, 7) is 4.22. The molecule has 0 unspecified atom stereocenters. The molecule has 6 nitrogen and oxygen atoms in total. The highest BCUT2D eigenvalue weighted by Crippen LogP contribution is 2.36. The number of hydrogen-bond acceptors (Lipinski definition) is 4. The lowest BCUT2D eigenvalue weighted by atomic mass is 9.95. The highest BCUT2D eigenvalue weighted by molar-refractivity contribution is 7.08. The Kier molecular flexibility index (Phi) is 4.25. The maximum Gasteiger partial charge on any atom is 0.254 e. The van der Waals surface area contributed by atoms with Crippen LogP contribution in [0.15, 0.2) is 65.4 Å². The first kappa shape index (κ1) is 18.3. The number of nitrogens with two attached hydrogens (primary N) is 1. The van der Waals surface area contributed by atoms with Gasteiger partial charge in [0.15, 0.2) is 0 Å². The molecule has 2 aromatic heterocycles. The average molecular weight is 414 g/mol. The molecule has 1 aliphatic rings. The van der Waals surface area contributed by atoms with Crippen LogP contribution in [0.3, 0.4) is 0 Å². The van der Waals surface area contributed by atoms with Crippen molar-refractivity contribution in [2.45, 2.75) is 6.54 Å².